The quantitative estimate of drug-likeness (QED) is 0.732. The third kappa shape index (κ3) is 2.78. The average Bonchev–Trinajstić information content (AvgIpc) is 2.25. The minimum Gasteiger partial charge on any atom is -0.476 e. The first-order valence-electron chi connectivity index (χ1n) is 4.97. The average molecular weight is 225 g/mol. The Morgan fingerprint density at radius 1 is 1.44 bits per heavy atom. The van der Waals surface area contributed by atoms with Crippen molar-refractivity contribution in [2.24, 2.45) is 11.1 Å². The van der Waals surface area contributed by atoms with Crippen molar-refractivity contribution in [1.29, 1.82) is 0 Å². The SMILES string of the molecule is CCC(C)COc1nc(N)nc(N)c1N=O. The van der Waals surface area contributed by atoms with E-state index in [1.165, 1.54) is 0 Å². The fourth-order valence-electron chi connectivity index (χ4n) is 0.993. The van der Waals surface area contributed by atoms with Gasteiger partial charge in [0.2, 0.25) is 11.6 Å². The second kappa shape index (κ2) is 5.24. The van der Waals surface area contributed by atoms with Crippen LogP contribution < -0.4 is 16.2 Å². The molecule has 0 aromatic carbocycles. The molecule has 0 aliphatic carbocycles. The van der Waals surface area contributed by atoms with Crippen molar-refractivity contribution in [1.82, 2.24) is 9.97 Å². The molecule has 0 fully saturated rings. The van der Waals surface area contributed by atoms with Gasteiger partial charge in [-0.25, -0.2) is 0 Å². The molecule has 1 aromatic heterocycles. The maximum Gasteiger partial charge on any atom is 0.250 e. The first-order chi connectivity index (χ1) is 7.58. The summed E-state index contributed by atoms with van der Waals surface area (Å²) in [7, 11) is 0. The van der Waals surface area contributed by atoms with Gasteiger partial charge in [0, 0.05) is 0 Å². The van der Waals surface area contributed by atoms with Gasteiger partial charge in [0.1, 0.15) is 0 Å². The first-order valence-corrected chi connectivity index (χ1v) is 4.97. The predicted octanol–water partition coefficient (Wildman–Crippen LogP) is 1.46. The van der Waals surface area contributed by atoms with Crippen LogP contribution in [-0.2, 0) is 0 Å². The number of nitrogen functional groups attached to an aromatic ring is 2. The highest BCUT2D eigenvalue weighted by molar-refractivity contribution is 5.65. The van der Waals surface area contributed by atoms with E-state index in [0.29, 0.717) is 12.5 Å². The molecule has 88 valence electrons. The first kappa shape index (κ1) is 12.2. The van der Waals surface area contributed by atoms with E-state index >= 15 is 0 Å². The van der Waals surface area contributed by atoms with Gasteiger partial charge < -0.3 is 16.2 Å². The number of anilines is 2. The molecule has 7 nitrogen and oxygen atoms in total. The van der Waals surface area contributed by atoms with Crippen molar-refractivity contribution in [2.75, 3.05) is 18.1 Å². The molecule has 0 aliphatic rings. The number of hydrogen-bond donors (Lipinski definition) is 2. The normalized spacial score (nSPS) is 12.1. The summed E-state index contributed by atoms with van der Waals surface area (Å²) >= 11 is 0. The third-order valence-electron chi connectivity index (χ3n) is 2.19. The molecule has 0 saturated carbocycles. The Morgan fingerprint density at radius 3 is 2.69 bits per heavy atom. The molecule has 1 unspecified atom stereocenters. The van der Waals surface area contributed by atoms with Crippen molar-refractivity contribution >= 4 is 17.5 Å². The molecule has 0 amide bonds. The van der Waals surface area contributed by atoms with E-state index in [-0.39, 0.29) is 23.3 Å². The zero-order chi connectivity index (χ0) is 12.1. The minimum absolute atomic E-state index is 0.0379. The number of hydrogen-bond acceptors (Lipinski definition) is 7. The summed E-state index contributed by atoms with van der Waals surface area (Å²) in [5.41, 5.74) is 10.8. The number of rotatable bonds is 5. The zero-order valence-electron chi connectivity index (χ0n) is 9.30. The largest absolute Gasteiger partial charge is 0.476 e. The van der Waals surface area contributed by atoms with E-state index < -0.39 is 0 Å². The molecule has 0 spiro atoms. The lowest BCUT2D eigenvalue weighted by atomic mass is 10.1. The topological polar surface area (TPSA) is 116 Å². The molecule has 1 atom stereocenters. The second-order valence-electron chi connectivity index (χ2n) is 3.54. The van der Waals surface area contributed by atoms with Crippen LogP contribution in [0.2, 0.25) is 0 Å². The fraction of sp³-hybridized carbons (Fsp3) is 0.556. The molecular weight excluding hydrogens is 210 g/mol. The van der Waals surface area contributed by atoms with Crippen LogP contribution in [0.3, 0.4) is 0 Å². The summed E-state index contributed by atoms with van der Waals surface area (Å²) < 4.78 is 5.34. The highest BCUT2D eigenvalue weighted by Gasteiger charge is 2.14. The maximum absolute atomic E-state index is 10.5. The Kier molecular flexibility index (Phi) is 3.98. The number of nitroso groups, excluding NO2 is 1. The van der Waals surface area contributed by atoms with E-state index in [2.05, 4.69) is 15.1 Å². The van der Waals surface area contributed by atoms with Gasteiger partial charge in [0.25, 0.3) is 5.88 Å². The summed E-state index contributed by atoms with van der Waals surface area (Å²) in [5, 5.41) is 2.73. The van der Waals surface area contributed by atoms with Gasteiger partial charge in [-0.05, 0) is 11.1 Å². The Balaban J connectivity index is 2.89. The van der Waals surface area contributed by atoms with Crippen LogP contribution in [0.25, 0.3) is 0 Å². The van der Waals surface area contributed by atoms with Crippen molar-refractivity contribution in [3.8, 4) is 5.88 Å². The summed E-state index contributed by atoms with van der Waals surface area (Å²) in [6.45, 7) is 4.48. The van der Waals surface area contributed by atoms with Crippen LogP contribution in [-0.4, -0.2) is 16.6 Å². The summed E-state index contributed by atoms with van der Waals surface area (Å²) in [4.78, 5) is 17.9. The summed E-state index contributed by atoms with van der Waals surface area (Å²) in [6.07, 6.45) is 0.958. The molecular formula is C9H15N5O2. The summed E-state index contributed by atoms with van der Waals surface area (Å²) in [5.74, 6) is 0.280. The Hall–Kier alpha value is -1.92. The smallest absolute Gasteiger partial charge is 0.250 e. The Bertz CT molecular complexity index is 382. The molecule has 4 N–H and O–H groups in total. The highest BCUT2D eigenvalue weighted by atomic mass is 16.5. The van der Waals surface area contributed by atoms with Gasteiger partial charge in [-0.15, -0.1) is 4.91 Å². The molecule has 1 rings (SSSR count). The van der Waals surface area contributed by atoms with Gasteiger partial charge >= 0.3 is 0 Å². The monoisotopic (exact) mass is 225 g/mol. The molecule has 7 heteroatoms. The molecule has 0 radical (unpaired) electrons. The lowest BCUT2D eigenvalue weighted by molar-refractivity contribution is 0.249. The molecule has 1 aromatic rings. The standard InChI is InChI=1S/C9H15N5O2/c1-3-5(2)4-16-8-6(14-15)7(10)12-9(11)13-8/h5H,3-4H2,1-2H3,(H4,10,11,12,13). The van der Waals surface area contributed by atoms with Crippen LogP contribution in [0.4, 0.5) is 17.5 Å². The maximum atomic E-state index is 10.5. The zero-order valence-corrected chi connectivity index (χ0v) is 9.30. The number of nitrogens with two attached hydrogens (primary N) is 2. The fourth-order valence-corrected chi connectivity index (χ4v) is 0.993. The van der Waals surface area contributed by atoms with E-state index in [1.807, 2.05) is 13.8 Å². The number of nitrogens with zero attached hydrogens (tertiary/aromatic N) is 3. The van der Waals surface area contributed by atoms with Gasteiger partial charge in [0.05, 0.1) is 6.61 Å². The van der Waals surface area contributed by atoms with Gasteiger partial charge in [0.15, 0.2) is 5.82 Å². The van der Waals surface area contributed by atoms with Crippen molar-refractivity contribution in [3.63, 3.8) is 0 Å². The van der Waals surface area contributed by atoms with E-state index in [1.54, 1.807) is 0 Å². The van der Waals surface area contributed by atoms with Crippen molar-refractivity contribution in [3.05, 3.63) is 4.91 Å². The molecule has 0 bridgehead atoms. The van der Waals surface area contributed by atoms with Crippen LogP contribution in [0, 0.1) is 10.8 Å². The van der Waals surface area contributed by atoms with E-state index in [0.717, 1.165) is 6.42 Å². The minimum atomic E-state index is -0.0995. The van der Waals surface area contributed by atoms with Crippen LogP contribution >= 0.6 is 0 Å². The highest BCUT2D eigenvalue weighted by Crippen LogP contribution is 2.31. The third-order valence-corrected chi connectivity index (χ3v) is 2.19. The van der Waals surface area contributed by atoms with Crippen molar-refractivity contribution in [2.45, 2.75) is 20.3 Å². The molecule has 1 heterocycles. The van der Waals surface area contributed by atoms with Crippen molar-refractivity contribution < 1.29 is 4.74 Å². The summed E-state index contributed by atoms with van der Waals surface area (Å²) in [6, 6.07) is 0. The van der Waals surface area contributed by atoms with Crippen LogP contribution in [0.15, 0.2) is 5.18 Å². The second-order valence-corrected chi connectivity index (χ2v) is 3.54. The lowest BCUT2D eigenvalue weighted by Gasteiger charge is -2.11. The van der Waals surface area contributed by atoms with Crippen LogP contribution in [0.5, 0.6) is 5.88 Å². The van der Waals surface area contributed by atoms with Gasteiger partial charge in [-0.2, -0.15) is 9.97 Å². The lowest BCUT2D eigenvalue weighted by Crippen LogP contribution is -2.10. The van der Waals surface area contributed by atoms with E-state index in [4.69, 9.17) is 16.2 Å². The Morgan fingerprint density at radius 2 is 2.12 bits per heavy atom. The molecule has 0 saturated heterocycles. The Labute approximate surface area is 93.2 Å². The van der Waals surface area contributed by atoms with Crippen LogP contribution in [0.1, 0.15) is 20.3 Å². The molecule has 0 aliphatic heterocycles. The predicted molar refractivity (Wildman–Crippen MR) is 61.3 cm³/mol. The number of ether oxygens (including phenoxy) is 1. The van der Waals surface area contributed by atoms with E-state index in [9.17, 15) is 4.91 Å². The van der Waals surface area contributed by atoms with Gasteiger partial charge in [-0.3, -0.25) is 0 Å². The number of aromatic nitrogens is 2. The van der Waals surface area contributed by atoms with Gasteiger partial charge in [-0.1, -0.05) is 20.3 Å². The molecule has 16 heavy (non-hydrogen) atoms.